The fourth-order valence-electron chi connectivity index (χ4n) is 3.39. The maximum atomic E-state index is 9.00. The predicted octanol–water partition coefficient (Wildman–Crippen LogP) is 2.48. The van der Waals surface area contributed by atoms with Gasteiger partial charge in [0, 0.05) is 19.7 Å². The topological polar surface area (TPSA) is 41.5 Å². The molecular formula is C15H29NO2. The zero-order valence-corrected chi connectivity index (χ0v) is 12.0. The first-order valence-electron chi connectivity index (χ1n) is 7.55. The number of hydrogen-bond acceptors (Lipinski definition) is 3. The summed E-state index contributed by atoms with van der Waals surface area (Å²) in [7, 11) is 0. The SMILES string of the molecule is CC(C)(CCO)CNCC1CCC2(CCCC2)O1. The fraction of sp³-hybridized carbons (Fsp3) is 1.00. The van der Waals surface area contributed by atoms with Crippen molar-refractivity contribution in [2.75, 3.05) is 19.7 Å². The van der Waals surface area contributed by atoms with Crippen molar-refractivity contribution < 1.29 is 9.84 Å². The van der Waals surface area contributed by atoms with Gasteiger partial charge in [-0.25, -0.2) is 0 Å². The van der Waals surface area contributed by atoms with Gasteiger partial charge in [0.25, 0.3) is 0 Å². The van der Waals surface area contributed by atoms with E-state index in [4.69, 9.17) is 9.84 Å². The lowest BCUT2D eigenvalue weighted by molar-refractivity contribution is -0.0356. The fourth-order valence-corrected chi connectivity index (χ4v) is 3.39. The van der Waals surface area contributed by atoms with Gasteiger partial charge in [-0.15, -0.1) is 0 Å². The minimum Gasteiger partial charge on any atom is -0.396 e. The maximum absolute atomic E-state index is 9.00. The molecule has 18 heavy (non-hydrogen) atoms. The number of rotatable bonds is 6. The van der Waals surface area contributed by atoms with Gasteiger partial charge in [0.2, 0.25) is 0 Å². The first kappa shape index (κ1) is 14.3. The van der Waals surface area contributed by atoms with Gasteiger partial charge in [-0.3, -0.25) is 0 Å². The molecule has 1 aliphatic carbocycles. The molecule has 1 saturated heterocycles. The Bertz CT molecular complexity index is 259. The highest BCUT2D eigenvalue weighted by atomic mass is 16.5. The van der Waals surface area contributed by atoms with Crippen molar-refractivity contribution >= 4 is 0 Å². The Morgan fingerprint density at radius 3 is 2.67 bits per heavy atom. The predicted molar refractivity (Wildman–Crippen MR) is 73.7 cm³/mol. The van der Waals surface area contributed by atoms with Crippen LogP contribution in [0.1, 0.15) is 58.8 Å². The zero-order valence-electron chi connectivity index (χ0n) is 12.0. The van der Waals surface area contributed by atoms with Crippen LogP contribution in [-0.2, 0) is 4.74 Å². The Balaban J connectivity index is 1.66. The molecule has 2 rings (SSSR count). The Labute approximate surface area is 111 Å². The third-order valence-corrected chi connectivity index (χ3v) is 4.62. The van der Waals surface area contributed by atoms with E-state index in [1.54, 1.807) is 0 Å². The van der Waals surface area contributed by atoms with Crippen LogP contribution >= 0.6 is 0 Å². The van der Waals surface area contributed by atoms with Crippen molar-refractivity contribution in [2.45, 2.75) is 70.5 Å². The van der Waals surface area contributed by atoms with Gasteiger partial charge in [0.15, 0.2) is 0 Å². The van der Waals surface area contributed by atoms with E-state index in [1.165, 1.54) is 38.5 Å². The standard InChI is InChI=1S/C15H29NO2/c1-14(2,9-10-17)12-16-11-13-5-8-15(18-13)6-3-4-7-15/h13,16-17H,3-12H2,1-2H3. The molecule has 0 aromatic rings. The molecule has 0 bridgehead atoms. The molecule has 1 heterocycles. The minimum atomic E-state index is 0.179. The Morgan fingerprint density at radius 1 is 1.28 bits per heavy atom. The largest absolute Gasteiger partial charge is 0.396 e. The van der Waals surface area contributed by atoms with Crippen molar-refractivity contribution in [2.24, 2.45) is 5.41 Å². The molecule has 1 atom stereocenters. The van der Waals surface area contributed by atoms with Crippen LogP contribution in [0, 0.1) is 5.41 Å². The molecule has 2 N–H and O–H groups in total. The molecule has 3 heteroatoms. The van der Waals surface area contributed by atoms with Crippen LogP contribution in [0.25, 0.3) is 0 Å². The quantitative estimate of drug-likeness (QED) is 0.766. The van der Waals surface area contributed by atoms with Gasteiger partial charge < -0.3 is 15.2 Å². The lowest BCUT2D eigenvalue weighted by atomic mass is 9.90. The summed E-state index contributed by atoms with van der Waals surface area (Å²) in [5.41, 5.74) is 0.436. The second-order valence-electron chi connectivity index (χ2n) is 6.94. The van der Waals surface area contributed by atoms with Gasteiger partial charge in [0.1, 0.15) is 0 Å². The Morgan fingerprint density at radius 2 is 2.00 bits per heavy atom. The zero-order chi connectivity index (χ0) is 13.1. The summed E-state index contributed by atoms with van der Waals surface area (Å²) in [6, 6.07) is 0. The summed E-state index contributed by atoms with van der Waals surface area (Å²) >= 11 is 0. The number of aliphatic hydroxyl groups excluding tert-OH is 1. The molecule has 1 aliphatic heterocycles. The summed E-state index contributed by atoms with van der Waals surface area (Å²) in [4.78, 5) is 0. The third-order valence-electron chi connectivity index (χ3n) is 4.62. The molecule has 1 saturated carbocycles. The molecule has 2 fully saturated rings. The summed E-state index contributed by atoms with van der Waals surface area (Å²) in [6.45, 7) is 6.60. The second-order valence-corrected chi connectivity index (χ2v) is 6.94. The highest BCUT2D eigenvalue weighted by molar-refractivity contribution is 4.93. The van der Waals surface area contributed by atoms with Crippen molar-refractivity contribution in [3.63, 3.8) is 0 Å². The Hall–Kier alpha value is -0.120. The van der Waals surface area contributed by atoms with Gasteiger partial charge in [-0.1, -0.05) is 26.7 Å². The lowest BCUT2D eigenvalue weighted by Crippen LogP contribution is -2.36. The first-order chi connectivity index (χ1) is 8.55. The summed E-state index contributed by atoms with van der Waals surface area (Å²) in [5.74, 6) is 0. The molecule has 106 valence electrons. The van der Waals surface area contributed by atoms with Crippen LogP contribution in [-0.4, -0.2) is 36.5 Å². The summed E-state index contributed by atoms with van der Waals surface area (Å²) in [6.07, 6.45) is 9.00. The van der Waals surface area contributed by atoms with E-state index in [0.29, 0.717) is 6.10 Å². The molecule has 1 unspecified atom stereocenters. The molecule has 0 radical (unpaired) electrons. The Kier molecular flexibility index (Phi) is 4.68. The van der Waals surface area contributed by atoms with Crippen LogP contribution in [0.3, 0.4) is 0 Å². The van der Waals surface area contributed by atoms with Gasteiger partial charge in [-0.05, 0) is 37.5 Å². The molecule has 2 aliphatic rings. The van der Waals surface area contributed by atoms with Crippen LogP contribution in [0.2, 0.25) is 0 Å². The average molecular weight is 255 g/mol. The first-order valence-corrected chi connectivity index (χ1v) is 7.55. The van der Waals surface area contributed by atoms with E-state index in [-0.39, 0.29) is 17.6 Å². The summed E-state index contributed by atoms with van der Waals surface area (Å²) in [5, 5.41) is 12.5. The van der Waals surface area contributed by atoms with Crippen LogP contribution in [0.5, 0.6) is 0 Å². The van der Waals surface area contributed by atoms with E-state index >= 15 is 0 Å². The van der Waals surface area contributed by atoms with Gasteiger partial charge in [0.05, 0.1) is 11.7 Å². The number of hydrogen-bond donors (Lipinski definition) is 2. The molecule has 0 aromatic carbocycles. The smallest absolute Gasteiger partial charge is 0.0708 e. The monoisotopic (exact) mass is 255 g/mol. The van der Waals surface area contributed by atoms with Crippen molar-refractivity contribution in [1.82, 2.24) is 5.32 Å². The van der Waals surface area contributed by atoms with Crippen molar-refractivity contribution in [1.29, 1.82) is 0 Å². The maximum Gasteiger partial charge on any atom is 0.0708 e. The number of ether oxygens (including phenoxy) is 1. The van der Waals surface area contributed by atoms with Crippen molar-refractivity contribution in [3.8, 4) is 0 Å². The normalized spacial score (nSPS) is 27.2. The third kappa shape index (κ3) is 3.69. The minimum absolute atomic E-state index is 0.179. The van der Waals surface area contributed by atoms with E-state index < -0.39 is 0 Å². The van der Waals surface area contributed by atoms with Crippen LogP contribution < -0.4 is 5.32 Å². The highest BCUT2D eigenvalue weighted by Crippen LogP contribution is 2.43. The molecule has 0 aromatic heterocycles. The van der Waals surface area contributed by atoms with E-state index in [2.05, 4.69) is 19.2 Å². The molecule has 0 amide bonds. The van der Waals surface area contributed by atoms with E-state index in [9.17, 15) is 0 Å². The number of aliphatic hydroxyl groups is 1. The summed E-state index contributed by atoms with van der Waals surface area (Å²) < 4.78 is 6.27. The van der Waals surface area contributed by atoms with E-state index in [1.807, 2.05) is 0 Å². The van der Waals surface area contributed by atoms with E-state index in [0.717, 1.165) is 19.5 Å². The number of nitrogens with one attached hydrogen (secondary N) is 1. The lowest BCUT2D eigenvalue weighted by Gasteiger charge is -2.26. The van der Waals surface area contributed by atoms with Crippen LogP contribution in [0.4, 0.5) is 0 Å². The van der Waals surface area contributed by atoms with Gasteiger partial charge >= 0.3 is 0 Å². The average Bonchev–Trinajstić information content (AvgIpc) is 2.90. The highest BCUT2D eigenvalue weighted by Gasteiger charge is 2.41. The van der Waals surface area contributed by atoms with Crippen LogP contribution in [0.15, 0.2) is 0 Å². The van der Waals surface area contributed by atoms with Crippen molar-refractivity contribution in [3.05, 3.63) is 0 Å². The molecular weight excluding hydrogens is 226 g/mol. The molecule has 1 spiro atoms. The van der Waals surface area contributed by atoms with Gasteiger partial charge in [-0.2, -0.15) is 0 Å². The second kappa shape index (κ2) is 5.89. The molecule has 3 nitrogen and oxygen atoms in total.